The highest BCUT2D eigenvalue weighted by atomic mass is 14.9. The summed E-state index contributed by atoms with van der Waals surface area (Å²) in [4.78, 5) is 0. The molecule has 1 aromatic rings. The molecule has 1 N–H and O–H groups in total. The fraction of sp³-hybridized carbons (Fsp3) is 0.273. The van der Waals surface area contributed by atoms with Crippen molar-refractivity contribution in [3.8, 4) is 12.1 Å². The van der Waals surface area contributed by atoms with Gasteiger partial charge in [0, 0.05) is 6.54 Å². The van der Waals surface area contributed by atoms with Gasteiger partial charge < -0.3 is 5.32 Å². The molecule has 3 nitrogen and oxygen atoms in total. The lowest BCUT2D eigenvalue weighted by Gasteiger charge is -2.08. The normalized spacial score (nSPS) is 11.1. The van der Waals surface area contributed by atoms with Gasteiger partial charge in [0.2, 0.25) is 0 Å². The van der Waals surface area contributed by atoms with Crippen LogP contribution in [0.5, 0.6) is 0 Å². The summed E-state index contributed by atoms with van der Waals surface area (Å²) in [5.41, 5.74) is 1.40. The van der Waals surface area contributed by atoms with Crippen molar-refractivity contribution < 1.29 is 0 Å². The number of nitrogens with one attached hydrogen (secondary N) is 1. The van der Waals surface area contributed by atoms with Gasteiger partial charge in [-0.3, -0.25) is 0 Å². The predicted molar refractivity (Wildman–Crippen MR) is 54.4 cm³/mol. The molecule has 0 amide bonds. The Balaban J connectivity index is 2.69. The van der Waals surface area contributed by atoms with Gasteiger partial charge in [-0.05, 0) is 19.1 Å². The van der Waals surface area contributed by atoms with Gasteiger partial charge in [0.1, 0.15) is 6.07 Å². The minimum absolute atomic E-state index is 0.0539. The number of nitriles is 2. The first-order chi connectivity index (χ1) is 6.77. The highest BCUT2D eigenvalue weighted by Crippen LogP contribution is 2.13. The van der Waals surface area contributed by atoms with Crippen LogP contribution in [-0.4, -0.2) is 6.54 Å². The van der Waals surface area contributed by atoms with Crippen LogP contribution in [0.25, 0.3) is 0 Å². The third-order valence-corrected chi connectivity index (χ3v) is 1.87. The molecule has 0 spiro atoms. The van der Waals surface area contributed by atoms with Crippen LogP contribution in [0.2, 0.25) is 0 Å². The van der Waals surface area contributed by atoms with Gasteiger partial charge in [0.25, 0.3) is 0 Å². The molecule has 0 aliphatic rings. The molecule has 1 rings (SSSR count). The van der Waals surface area contributed by atoms with Gasteiger partial charge in [0.15, 0.2) is 0 Å². The van der Waals surface area contributed by atoms with E-state index < -0.39 is 0 Å². The third kappa shape index (κ3) is 2.50. The number of hydrogen-bond acceptors (Lipinski definition) is 3. The average molecular weight is 185 g/mol. The molecule has 0 heterocycles. The molecule has 0 aromatic heterocycles. The zero-order valence-corrected chi connectivity index (χ0v) is 7.99. The highest BCUT2D eigenvalue weighted by Gasteiger charge is 2.02. The fourth-order valence-corrected chi connectivity index (χ4v) is 1.04. The van der Waals surface area contributed by atoms with E-state index in [2.05, 4.69) is 17.5 Å². The zero-order valence-electron chi connectivity index (χ0n) is 7.99. The molecule has 70 valence electrons. The van der Waals surface area contributed by atoms with Crippen molar-refractivity contribution in [2.45, 2.75) is 6.92 Å². The summed E-state index contributed by atoms with van der Waals surface area (Å²) in [6, 6.07) is 11.5. The van der Waals surface area contributed by atoms with Crippen molar-refractivity contribution in [2.75, 3.05) is 11.9 Å². The maximum Gasteiger partial charge on any atom is 0.101 e. The first-order valence-electron chi connectivity index (χ1n) is 4.40. The van der Waals surface area contributed by atoms with Gasteiger partial charge in [0.05, 0.1) is 23.2 Å². The average Bonchev–Trinajstić information content (AvgIpc) is 2.26. The van der Waals surface area contributed by atoms with Crippen molar-refractivity contribution in [1.82, 2.24) is 0 Å². The van der Waals surface area contributed by atoms with E-state index in [1.807, 2.05) is 25.1 Å². The number of rotatable bonds is 3. The molecule has 0 saturated carbocycles. The standard InChI is InChI=1S/C11H11N3/c1-9(6-12)8-14-11-5-3-2-4-10(11)7-13/h2-5,9,14H,8H2,1H3. The fourth-order valence-electron chi connectivity index (χ4n) is 1.04. The Morgan fingerprint density at radius 3 is 2.71 bits per heavy atom. The Hall–Kier alpha value is -2.00. The largest absolute Gasteiger partial charge is 0.383 e. The maximum atomic E-state index is 8.79. The number of benzene rings is 1. The molecular weight excluding hydrogens is 174 g/mol. The first kappa shape index (κ1) is 10.1. The zero-order chi connectivity index (χ0) is 10.4. The molecule has 0 bridgehead atoms. The van der Waals surface area contributed by atoms with E-state index in [9.17, 15) is 0 Å². The van der Waals surface area contributed by atoms with Gasteiger partial charge in [-0.15, -0.1) is 0 Å². The number of hydrogen-bond donors (Lipinski definition) is 1. The molecule has 14 heavy (non-hydrogen) atoms. The second-order valence-electron chi connectivity index (χ2n) is 3.07. The van der Waals surface area contributed by atoms with E-state index in [1.165, 1.54) is 0 Å². The minimum Gasteiger partial charge on any atom is -0.383 e. The van der Waals surface area contributed by atoms with E-state index in [-0.39, 0.29) is 5.92 Å². The Labute approximate surface area is 83.6 Å². The SMILES string of the molecule is CC(C#N)CNc1ccccc1C#N. The molecule has 0 aliphatic carbocycles. The third-order valence-electron chi connectivity index (χ3n) is 1.87. The Kier molecular flexibility index (Phi) is 3.52. The number of anilines is 1. The van der Waals surface area contributed by atoms with Crippen molar-refractivity contribution in [1.29, 1.82) is 10.5 Å². The highest BCUT2D eigenvalue weighted by molar-refractivity contribution is 5.57. The summed E-state index contributed by atoms with van der Waals surface area (Å²) in [5, 5.41) is 20.4. The van der Waals surface area contributed by atoms with Crippen LogP contribution < -0.4 is 5.32 Å². The van der Waals surface area contributed by atoms with Crippen molar-refractivity contribution in [2.24, 2.45) is 5.92 Å². The van der Waals surface area contributed by atoms with Gasteiger partial charge in [-0.25, -0.2) is 0 Å². The summed E-state index contributed by atoms with van der Waals surface area (Å²) in [7, 11) is 0. The molecule has 3 heteroatoms. The van der Waals surface area contributed by atoms with Crippen LogP contribution in [0.15, 0.2) is 24.3 Å². The molecule has 0 radical (unpaired) electrons. The van der Waals surface area contributed by atoms with Crippen molar-refractivity contribution in [3.63, 3.8) is 0 Å². The number of nitrogens with zero attached hydrogens (tertiary/aromatic N) is 2. The van der Waals surface area contributed by atoms with E-state index in [1.54, 1.807) is 6.07 Å². The minimum atomic E-state index is -0.0539. The summed E-state index contributed by atoms with van der Waals surface area (Å²) in [5.74, 6) is -0.0539. The van der Waals surface area contributed by atoms with Crippen LogP contribution in [0, 0.1) is 28.6 Å². The Morgan fingerprint density at radius 1 is 1.36 bits per heavy atom. The second-order valence-corrected chi connectivity index (χ2v) is 3.07. The van der Waals surface area contributed by atoms with Crippen molar-refractivity contribution >= 4 is 5.69 Å². The Bertz CT molecular complexity index is 384. The maximum absolute atomic E-state index is 8.79. The van der Waals surface area contributed by atoms with E-state index in [0.717, 1.165) is 5.69 Å². The van der Waals surface area contributed by atoms with Crippen molar-refractivity contribution in [3.05, 3.63) is 29.8 Å². The quantitative estimate of drug-likeness (QED) is 0.784. The van der Waals surface area contributed by atoms with Crippen LogP contribution in [0.1, 0.15) is 12.5 Å². The lowest BCUT2D eigenvalue weighted by Crippen LogP contribution is -2.10. The summed E-state index contributed by atoms with van der Waals surface area (Å²) in [6.45, 7) is 2.40. The molecule has 1 aromatic carbocycles. The lowest BCUT2D eigenvalue weighted by atomic mass is 10.1. The summed E-state index contributed by atoms with van der Waals surface area (Å²) >= 11 is 0. The van der Waals surface area contributed by atoms with Gasteiger partial charge >= 0.3 is 0 Å². The van der Waals surface area contributed by atoms with Crippen LogP contribution in [0.4, 0.5) is 5.69 Å². The van der Waals surface area contributed by atoms with Gasteiger partial charge in [-0.1, -0.05) is 12.1 Å². The molecule has 0 fully saturated rings. The molecule has 0 aliphatic heterocycles. The first-order valence-corrected chi connectivity index (χ1v) is 4.40. The molecule has 1 unspecified atom stereocenters. The van der Waals surface area contributed by atoms with E-state index in [4.69, 9.17) is 10.5 Å². The molecule has 0 saturated heterocycles. The predicted octanol–water partition coefficient (Wildman–Crippen LogP) is 2.13. The van der Waals surface area contributed by atoms with E-state index >= 15 is 0 Å². The Morgan fingerprint density at radius 2 is 2.07 bits per heavy atom. The number of para-hydroxylation sites is 1. The van der Waals surface area contributed by atoms with E-state index in [0.29, 0.717) is 12.1 Å². The lowest BCUT2D eigenvalue weighted by molar-refractivity contribution is 0.786. The van der Waals surface area contributed by atoms with Crippen LogP contribution in [-0.2, 0) is 0 Å². The molecular formula is C11H11N3. The smallest absolute Gasteiger partial charge is 0.101 e. The topological polar surface area (TPSA) is 59.6 Å². The van der Waals surface area contributed by atoms with Crippen LogP contribution >= 0.6 is 0 Å². The second kappa shape index (κ2) is 4.89. The van der Waals surface area contributed by atoms with Gasteiger partial charge in [-0.2, -0.15) is 10.5 Å². The monoisotopic (exact) mass is 185 g/mol. The molecule has 1 atom stereocenters. The van der Waals surface area contributed by atoms with Crippen LogP contribution in [0.3, 0.4) is 0 Å². The summed E-state index contributed by atoms with van der Waals surface area (Å²) < 4.78 is 0. The summed E-state index contributed by atoms with van der Waals surface area (Å²) in [6.07, 6.45) is 0.